The van der Waals surface area contributed by atoms with Crippen molar-refractivity contribution in [1.29, 1.82) is 0 Å². The van der Waals surface area contributed by atoms with Crippen molar-refractivity contribution in [3.63, 3.8) is 0 Å². The third kappa shape index (κ3) is 3.18. The zero-order valence-corrected chi connectivity index (χ0v) is 14.9. The van der Waals surface area contributed by atoms with Crippen molar-refractivity contribution < 1.29 is 13.3 Å². The molecule has 1 unspecified atom stereocenters. The van der Waals surface area contributed by atoms with Crippen LogP contribution >= 0.6 is 0 Å². The van der Waals surface area contributed by atoms with Crippen LogP contribution in [0.15, 0.2) is 47.4 Å². The molecule has 5 heteroatoms. The maximum atomic E-state index is 12.7. The molecule has 3 heterocycles. The molecule has 0 radical (unpaired) electrons. The molecule has 0 amide bonds. The fourth-order valence-electron chi connectivity index (χ4n) is 4.36. The zero-order valence-electron chi connectivity index (χ0n) is 14.1. The molecule has 4 nitrogen and oxygen atoms in total. The molecule has 3 fully saturated rings. The monoisotopic (exact) mass is 355 g/mol. The van der Waals surface area contributed by atoms with E-state index in [-0.39, 0.29) is 0 Å². The summed E-state index contributed by atoms with van der Waals surface area (Å²) in [5.74, 6) is 3.82. The van der Waals surface area contributed by atoms with Gasteiger partial charge in [-0.05, 0) is 28.8 Å². The van der Waals surface area contributed by atoms with Crippen LogP contribution < -0.4 is 9.62 Å². The van der Waals surface area contributed by atoms with Gasteiger partial charge in [-0.15, -0.1) is 6.42 Å². The Morgan fingerprint density at radius 3 is 2.72 bits per heavy atom. The predicted molar refractivity (Wildman–Crippen MR) is 98.7 cm³/mol. The van der Waals surface area contributed by atoms with Gasteiger partial charge in [0.1, 0.15) is 6.04 Å². The minimum absolute atomic E-state index is 0.332. The van der Waals surface area contributed by atoms with E-state index >= 15 is 0 Å². The normalized spacial score (nSPS) is 28.8. The largest absolute Gasteiger partial charge is 0.330 e. The van der Waals surface area contributed by atoms with Crippen molar-refractivity contribution in [2.24, 2.45) is 11.8 Å². The van der Waals surface area contributed by atoms with Crippen LogP contribution in [-0.2, 0) is 10.0 Å². The van der Waals surface area contributed by atoms with E-state index in [1.54, 1.807) is 12.1 Å². The van der Waals surface area contributed by atoms with Gasteiger partial charge in [0.05, 0.1) is 30.4 Å². The van der Waals surface area contributed by atoms with Gasteiger partial charge in [0.25, 0.3) is 0 Å². The summed E-state index contributed by atoms with van der Waals surface area (Å²) in [6.45, 7) is 2.56. The lowest BCUT2D eigenvalue weighted by molar-refractivity contribution is -0.943. The second-order valence-corrected chi connectivity index (χ2v) is 8.99. The third-order valence-corrected chi connectivity index (χ3v) is 7.24. The quantitative estimate of drug-likeness (QED) is 0.806. The van der Waals surface area contributed by atoms with Crippen molar-refractivity contribution in [1.82, 2.24) is 4.72 Å². The number of benzene rings is 2. The van der Waals surface area contributed by atoms with Gasteiger partial charge >= 0.3 is 0 Å². The minimum Gasteiger partial charge on any atom is -0.330 e. The number of sulfonamides is 1. The number of quaternary nitrogens is 1. The molecule has 25 heavy (non-hydrogen) atoms. The van der Waals surface area contributed by atoms with Gasteiger partial charge in [0, 0.05) is 12.8 Å². The maximum Gasteiger partial charge on any atom is 0.240 e. The number of fused-ring (bicyclic) bond motifs is 4. The number of hydrogen-bond acceptors (Lipinski definition) is 2. The van der Waals surface area contributed by atoms with Crippen molar-refractivity contribution in [2.45, 2.75) is 23.8 Å². The fraction of sp³-hybridized carbons (Fsp3) is 0.400. The summed E-state index contributed by atoms with van der Waals surface area (Å²) < 4.78 is 28.2. The lowest BCUT2D eigenvalue weighted by Gasteiger charge is -2.45. The number of piperidine rings is 3. The number of terminal acetylenes is 1. The summed E-state index contributed by atoms with van der Waals surface area (Å²) >= 11 is 0. The van der Waals surface area contributed by atoms with Crippen LogP contribution in [0.4, 0.5) is 0 Å². The van der Waals surface area contributed by atoms with E-state index < -0.39 is 10.0 Å². The molecule has 2 N–H and O–H groups in total. The van der Waals surface area contributed by atoms with Crippen molar-refractivity contribution in [2.75, 3.05) is 19.6 Å². The molecule has 3 aliphatic rings. The summed E-state index contributed by atoms with van der Waals surface area (Å²) in [5.41, 5.74) is 0. The van der Waals surface area contributed by atoms with Crippen molar-refractivity contribution >= 4 is 20.8 Å². The van der Waals surface area contributed by atoms with Crippen LogP contribution in [0.3, 0.4) is 0 Å². The SMILES string of the molecule is C#C[C@H]1C[NH+]2CC[C@H]1C[C@@H]2CNS(=O)(=O)c1ccc2ccccc2c1. The van der Waals surface area contributed by atoms with Gasteiger partial charge in [-0.1, -0.05) is 36.3 Å². The number of rotatable bonds is 4. The fourth-order valence-corrected chi connectivity index (χ4v) is 5.48. The average Bonchev–Trinajstić information content (AvgIpc) is 2.66. The van der Waals surface area contributed by atoms with E-state index in [0.29, 0.717) is 29.3 Å². The Bertz CT molecular complexity index is 932. The van der Waals surface area contributed by atoms with Gasteiger partial charge in [0.15, 0.2) is 0 Å². The second-order valence-electron chi connectivity index (χ2n) is 7.23. The number of hydrogen-bond donors (Lipinski definition) is 2. The molecule has 0 aromatic heterocycles. The first-order valence-electron chi connectivity index (χ1n) is 8.86. The molecular formula is C20H23N2O2S+. The van der Waals surface area contributed by atoms with E-state index in [1.807, 2.05) is 30.3 Å². The Morgan fingerprint density at radius 1 is 1.20 bits per heavy atom. The Labute approximate surface area is 149 Å². The highest BCUT2D eigenvalue weighted by Gasteiger charge is 2.43. The molecular weight excluding hydrogens is 332 g/mol. The molecule has 130 valence electrons. The minimum atomic E-state index is -3.49. The van der Waals surface area contributed by atoms with E-state index in [0.717, 1.165) is 36.7 Å². The molecule has 0 spiro atoms. The summed E-state index contributed by atoms with van der Waals surface area (Å²) in [6, 6.07) is 13.4. The first-order chi connectivity index (χ1) is 12.1. The highest BCUT2D eigenvalue weighted by molar-refractivity contribution is 7.89. The van der Waals surface area contributed by atoms with E-state index in [1.165, 1.54) is 4.90 Å². The molecule has 2 aromatic carbocycles. The van der Waals surface area contributed by atoms with E-state index in [2.05, 4.69) is 10.6 Å². The first kappa shape index (κ1) is 16.6. The summed E-state index contributed by atoms with van der Waals surface area (Å²) in [4.78, 5) is 1.78. The summed E-state index contributed by atoms with van der Waals surface area (Å²) in [5, 5.41) is 1.98. The molecule has 4 atom stereocenters. The third-order valence-electron chi connectivity index (χ3n) is 5.82. The Kier molecular flexibility index (Phi) is 4.28. The van der Waals surface area contributed by atoms with Crippen LogP contribution in [0.1, 0.15) is 12.8 Å². The lowest BCUT2D eigenvalue weighted by Crippen LogP contribution is -3.20. The van der Waals surface area contributed by atoms with Gasteiger partial charge < -0.3 is 4.90 Å². The van der Waals surface area contributed by atoms with Crippen LogP contribution in [0, 0.1) is 24.2 Å². The van der Waals surface area contributed by atoms with E-state index in [9.17, 15) is 8.42 Å². The van der Waals surface area contributed by atoms with Crippen LogP contribution in [-0.4, -0.2) is 34.1 Å². The summed E-state index contributed by atoms with van der Waals surface area (Å²) in [7, 11) is -3.49. The first-order valence-corrected chi connectivity index (χ1v) is 10.3. The average molecular weight is 355 g/mol. The summed E-state index contributed by atoms with van der Waals surface area (Å²) in [6.07, 6.45) is 7.81. The molecule has 2 aromatic rings. The zero-order chi connectivity index (χ0) is 17.4. The van der Waals surface area contributed by atoms with Gasteiger partial charge in [-0.3, -0.25) is 0 Å². The molecule has 0 aliphatic carbocycles. The van der Waals surface area contributed by atoms with Crippen LogP contribution in [0.2, 0.25) is 0 Å². The van der Waals surface area contributed by atoms with E-state index in [4.69, 9.17) is 6.42 Å². The van der Waals surface area contributed by atoms with Crippen LogP contribution in [0.5, 0.6) is 0 Å². The van der Waals surface area contributed by atoms with Crippen molar-refractivity contribution in [3.8, 4) is 12.3 Å². The lowest BCUT2D eigenvalue weighted by atomic mass is 9.76. The molecule has 2 bridgehead atoms. The Balaban J connectivity index is 1.47. The Morgan fingerprint density at radius 2 is 2.00 bits per heavy atom. The maximum absolute atomic E-state index is 12.7. The second kappa shape index (κ2) is 6.45. The Hall–Kier alpha value is -1.87. The van der Waals surface area contributed by atoms with Crippen molar-refractivity contribution in [3.05, 3.63) is 42.5 Å². The molecule has 5 rings (SSSR count). The standard InChI is InChI=1S/C20H22N2O2S/c1-2-15-14-22-10-9-18(15)11-19(22)13-21-25(23,24)20-8-7-16-5-3-4-6-17(16)12-20/h1,3-8,12,15,18-19,21H,9-11,13-14H2/p+1/t15-,18-,19+/m0/s1. The number of nitrogens with one attached hydrogen (secondary N) is 2. The molecule has 0 saturated carbocycles. The smallest absolute Gasteiger partial charge is 0.240 e. The van der Waals surface area contributed by atoms with Gasteiger partial charge in [0.2, 0.25) is 10.0 Å². The topological polar surface area (TPSA) is 50.6 Å². The predicted octanol–water partition coefficient (Wildman–Crippen LogP) is 1.04. The van der Waals surface area contributed by atoms with Gasteiger partial charge in [-0.25, -0.2) is 13.1 Å². The molecule has 3 saturated heterocycles. The highest BCUT2D eigenvalue weighted by atomic mass is 32.2. The van der Waals surface area contributed by atoms with Gasteiger partial charge in [-0.2, -0.15) is 0 Å². The van der Waals surface area contributed by atoms with Crippen LogP contribution in [0.25, 0.3) is 10.8 Å². The molecule has 3 aliphatic heterocycles. The highest BCUT2D eigenvalue weighted by Crippen LogP contribution is 2.26.